The molecule has 1 aliphatic rings. The predicted octanol–water partition coefficient (Wildman–Crippen LogP) is 6.39. The lowest BCUT2D eigenvalue weighted by molar-refractivity contribution is -0.146. The number of aliphatic hydroxyl groups is 1. The van der Waals surface area contributed by atoms with Gasteiger partial charge in [0.05, 0.1) is 29.2 Å². The summed E-state index contributed by atoms with van der Waals surface area (Å²) in [7, 11) is 1.40. The van der Waals surface area contributed by atoms with Crippen LogP contribution in [0, 0.1) is 12.8 Å². The fourth-order valence-electron chi connectivity index (χ4n) is 4.61. The molecule has 0 aliphatic heterocycles. The van der Waals surface area contributed by atoms with E-state index >= 15 is 0 Å². The number of nitrogens with zero attached hydrogens (tertiary/aromatic N) is 3. The molecular weight excluding hydrogens is 505 g/mol. The number of anilines is 2. The number of methoxy groups -OCH3 is 1. The van der Waals surface area contributed by atoms with Crippen LogP contribution in [-0.4, -0.2) is 33.1 Å². The Hall–Kier alpha value is -3.05. The monoisotopic (exact) mass is 534 g/mol. The summed E-state index contributed by atoms with van der Waals surface area (Å²) in [6.07, 6.45) is 2.98. The summed E-state index contributed by atoms with van der Waals surface area (Å²) in [4.78, 5) is 25.8. The van der Waals surface area contributed by atoms with E-state index in [0.29, 0.717) is 42.2 Å². The van der Waals surface area contributed by atoms with Crippen LogP contribution in [0.2, 0.25) is 0 Å². The number of carbonyl (C=O) groups is 1. The van der Waals surface area contributed by atoms with Crippen LogP contribution < -0.4 is 5.32 Å². The molecule has 1 aliphatic carbocycles. The summed E-state index contributed by atoms with van der Waals surface area (Å²) in [5.74, 6) is 0.0472. The van der Waals surface area contributed by atoms with Gasteiger partial charge in [-0.05, 0) is 68.9 Å². The molecule has 0 amide bonds. The normalized spacial score (nSPS) is 21.0. The Morgan fingerprint density at radius 1 is 1.14 bits per heavy atom. The molecule has 0 radical (unpaired) electrons. The highest BCUT2D eigenvalue weighted by atomic mass is 32.1. The SMILES string of the molecule is COC(=O)C1CCCCC(O)(c2ncc(-c3cc(C)cc(Nc4cc(C(F)(F)F)ccn4)n3)s2)CCC1. The second-order valence-corrected chi connectivity index (χ2v) is 10.4. The van der Waals surface area contributed by atoms with Gasteiger partial charge in [0.2, 0.25) is 0 Å². The summed E-state index contributed by atoms with van der Waals surface area (Å²) in [5, 5.41) is 15.0. The Bertz CT molecular complexity index is 1250. The number of nitrogens with one attached hydrogen (secondary N) is 1. The number of carbonyl (C=O) groups excluding carboxylic acids is 1. The third kappa shape index (κ3) is 6.64. The van der Waals surface area contributed by atoms with Crippen molar-refractivity contribution < 1.29 is 27.8 Å². The van der Waals surface area contributed by atoms with Gasteiger partial charge in [0.15, 0.2) is 0 Å². The number of aryl methyl sites for hydroxylation is 1. The van der Waals surface area contributed by atoms with Crippen LogP contribution in [0.5, 0.6) is 0 Å². The Labute approximate surface area is 217 Å². The number of aromatic nitrogens is 3. The van der Waals surface area contributed by atoms with Crippen molar-refractivity contribution in [3.63, 3.8) is 0 Å². The molecule has 2 atom stereocenters. The molecule has 2 N–H and O–H groups in total. The zero-order valence-electron chi connectivity index (χ0n) is 20.6. The lowest BCUT2D eigenvalue weighted by Gasteiger charge is -2.25. The maximum atomic E-state index is 13.1. The first kappa shape index (κ1) is 27.0. The van der Waals surface area contributed by atoms with Crippen molar-refractivity contribution >= 4 is 28.9 Å². The fraction of sp³-hybridized carbons (Fsp3) is 0.462. The molecule has 7 nitrogen and oxygen atoms in total. The standard InChI is InChI=1S/C26H29F3N4O3S/c1-16-12-19(32-22(13-16)33-21-14-18(8-11-30-21)26(27,28)29)20-15-31-24(37-20)25(35)9-4-3-6-17(7-5-10-25)23(34)36-2/h8,11-15,17,35H,3-7,9-10H2,1-2H3,(H,30,32,33). The number of hydrogen-bond acceptors (Lipinski definition) is 8. The molecule has 2 unspecified atom stereocenters. The van der Waals surface area contributed by atoms with Crippen LogP contribution in [0.1, 0.15) is 61.1 Å². The number of pyridine rings is 2. The molecule has 3 aromatic rings. The average molecular weight is 535 g/mol. The van der Waals surface area contributed by atoms with Crippen molar-refractivity contribution in [2.75, 3.05) is 12.4 Å². The summed E-state index contributed by atoms with van der Waals surface area (Å²) in [6.45, 7) is 1.86. The number of halogens is 3. The first-order chi connectivity index (χ1) is 17.6. The molecule has 1 fully saturated rings. The number of hydrogen-bond donors (Lipinski definition) is 2. The number of thiazole rings is 1. The highest BCUT2D eigenvalue weighted by Crippen LogP contribution is 2.40. The lowest BCUT2D eigenvalue weighted by Crippen LogP contribution is -2.25. The minimum atomic E-state index is -4.47. The van der Waals surface area contributed by atoms with Gasteiger partial charge < -0.3 is 15.2 Å². The van der Waals surface area contributed by atoms with Crippen LogP contribution >= 0.6 is 11.3 Å². The van der Waals surface area contributed by atoms with E-state index in [1.807, 2.05) is 13.0 Å². The van der Waals surface area contributed by atoms with E-state index in [1.165, 1.54) is 18.4 Å². The third-order valence-corrected chi connectivity index (χ3v) is 7.75. The van der Waals surface area contributed by atoms with E-state index in [1.54, 1.807) is 12.3 Å². The Morgan fingerprint density at radius 2 is 1.89 bits per heavy atom. The summed E-state index contributed by atoms with van der Waals surface area (Å²) in [5.41, 5.74) is -0.452. The molecule has 11 heteroatoms. The van der Waals surface area contributed by atoms with E-state index in [0.717, 1.165) is 48.0 Å². The largest absolute Gasteiger partial charge is 0.469 e. The highest BCUT2D eigenvalue weighted by Gasteiger charge is 2.34. The molecule has 37 heavy (non-hydrogen) atoms. The van der Waals surface area contributed by atoms with E-state index in [-0.39, 0.29) is 17.7 Å². The molecule has 198 valence electrons. The number of ether oxygens (including phenoxy) is 1. The topological polar surface area (TPSA) is 97.2 Å². The van der Waals surface area contributed by atoms with Gasteiger partial charge in [0.1, 0.15) is 22.2 Å². The predicted molar refractivity (Wildman–Crippen MR) is 134 cm³/mol. The first-order valence-electron chi connectivity index (χ1n) is 12.1. The van der Waals surface area contributed by atoms with Crippen molar-refractivity contribution in [3.8, 4) is 10.6 Å². The number of esters is 1. The van der Waals surface area contributed by atoms with Gasteiger partial charge in [-0.2, -0.15) is 13.2 Å². The quantitative estimate of drug-likeness (QED) is 0.366. The smallest absolute Gasteiger partial charge is 0.416 e. The Morgan fingerprint density at radius 3 is 2.65 bits per heavy atom. The molecule has 0 saturated heterocycles. The Kier molecular flexibility index (Phi) is 8.13. The van der Waals surface area contributed by atoms with Crippen LogP contribution in [0.25, 0.3) is 10.6 Å². The van der Waals surface area contributed by atoms with Crippen LogP contribution in [-0.2, 0) is 21.3 Å². The van der Waals surface area contributed by atoms with Gasteiger partial charge in [-0.3, -0.25) is 4.79 Å². The van der Waals surface area contributed by atoms with Crippen molar-refractivity contribution in [3.05, 3.63) is 52.8 Å². The minimum absolute atomic E-state index is 0.0361. The maximum absolute atomic E-state index is 13.1. The molecule has 0 spiro atoms. The maximum Gasteiger partial charge on any atom is 0.416 e. The van der Waals surface area contributed by atoms with Crippen LogP contribution in [0.3, 0.4) is 0 Å². The summed E-state index contributed by atoms with van der Waals surface area (Å²) in [6, 6.07) is 5.43. The Balaban J connectivity index is 1.53. The molecular formula is C26H29F3N4O3S. The number of rotatable bonds is 5. The van der Waals surface area contributed by atoms with Crippen LogP contribution in [0.4, 0.5) is 24.8 Å². The van der Waals surface area contributed by atoms with Crippen molar-refractivity contribution in [1.29, 1.82) is 0 Å². The lowest BCUT2D eigenvalue weighted by atomic mass is 9.92. The van der Waals surface area contributed by atoms with Gasteiger partial charge >= 0.3 is 12.1 Å². The zero-order valence-corrected chi connectivity index (χ0v) is 21.5. The van der Waals surface area contributed by atoms with E-state index in [9.17, 15) is 23.1 Å². The second-order valence-electron chi connectivity index (χ2n) is 9.39. The van der Waals surface area contributed by atoms with Gasteiger partial charge in [-0.1, -0.05) is 12.8 Å². The molecule has 3 heterocycles. The second kappa shape index (κ2) is 11.1. The molecule has 0 aromatic carbocycles. The van der Waals surface area contributed by atoms with Gasteiger partial charge in [0.25, 0.3) is 0 Å². The van der Waals surface area contributed by atoms with Crippen molar-refractivity contribution in [2.24, 2.45) is 5.92 Å². The average Bonchev–Trinajstić information content (AvgIpc) is 3.38. The minimum Gasteiger partial charge on any atom is -0.469 e. The summed E-state index contributed by atoms with van der Waals surface area (Å²) >= 11 is 1.35. The van der Waals surface area contributed by atoms with Gasteiger partial charge in [0, 0.05) is 12.4 Å². The van der Waals surface area contributed by atoms with Crippen molar-refractivity contribution in [2.45, 2.75) is 63.6 Å². The van der Waals surface area contributed by atoms with E-state index in [4.69, 9.17) is 4.74 Å². The van der Waals surface area contributed by atoms with E-state index in [2.05, 4.69) is 20.3 Å². The third-order valence-electron chi connectivity index (χ3n) is 6.54. The van der Waals surface area contributed by atoms with Crippen LogP contribution in [0.15, 0.2) is 36.7 Å². The summed E-state index contributed by atoms with van der Waals surface area (Å²) < 4.78 is 44.1. The number of alkyl halides is 3. The van der Waals surface area contributed by atoms with Gasteiger partial charge in [-0.25, -0.2) is 15.0 Å². The van der Waals surface area contributed by atoms with Gasteiger partial charge in [-0.15, -0.1) is 11.3 Å². The zero-order chi connectivity index (χ0) is 26.6. The first-order valence-corrected chi connectivity index (χ1v) is 12.9. The van der Waals surface area contributed by atoms with E-state index < -0.39 is 17.3 Å². The highest BCUT2D eigenvalue weighted by molar-refractivity contribution is 7.15. The molecule has 1 saturated carbocycles. The molecule has 0 bridgehead atoms. The molecule has 3 aromatic heterocycles. The van der Waals surface area contributed by atoms with Crippen molar-refractivity contribution in [1.82, 2.24) is 15.0 Å². The molecule has 4 rings (SSSR count). The fourth-order valence-corrected chi connectivity index (χ4v) is 5.63.